The largest absolute Gasteiger partial charge is 0.299 e. The molecule has 0 aliphatic rings. The summed E-state index contributed by atoms with van der Waals surface area (Å²) in [6.45, 7) is 5.26. The predicted molar refractivity (Wildman–Crippen MR) is 77.4 cm³/mol. The van der Waals surface area contributed by atoms with Crippen molar-refractivity contribution in [2.75, 3.05) is 0 Å². The number of nitrogens with one attached hydrogen (secondary N) is 1. The average Bonchev–Trinajstić information content (AvgIpc) is 2.94. The third kappa shape index (κ3) is 2.70. The highest BCUT2D eigenvalue weighted by atomic mass is 32.1. The van der Waals surface area contributed by atoms with Crippen molar-refractivity contribution < 1.29 is 0 Å². The molecule has 2 heterocycles. The Morgan fingerprint density at radius 2 is 2.22 bits per heavy atom. The number of unbranched alkanes of at least 4 members (excludes halogenated alkanes) is 1. The zero-order chi connectivity index (χ0) is 13.0. The lowest BCUT2D eigenvalue weighted by atomic mass is 10.2. The number of thiazole rings is 1. The van der Waals surface area contributed by atoms with Gasteiger partial charge >= 0.3 is 0 Å². The molecule has 2 aromatic rings. The first kappa shape index (κ1) is 13.4. The predicted octanol–water partition coefficient (Wildman–Crippen LogP) is 3.82. The van der Waals surface area contributed by atoms with Crippen LogP contribution in [0, 0.1) is 4.77 Å². The second kappa shape index (κ2) is 6.24. The normalized spacial score (nSPS) is 11.0. The Morgan fingerprint density at radius 1 is 1.39 bits per heavy atom. The molecule has 0 spiro atoms. The Hall–Kier alpha value is -1.01. The molecule has 0 saturated carbocycles. The SMILES string of the molecule is CCCCn1c(-c2scnc2CCC)n[nH]c1=S. The van der Waals surface area contributed by atoms with Crippen LogP contribution in [0.5, 0.6) is 0 Å². The zero-order valence-corrected chi connectivity index (χ0v) is 12.4. The van der Waals surface area contributed by atoms with Crippen molar-refractivity contribution in [2.24, 2.45) is 0 Å². The van der Waals surface area contributed by atoms with Crippen LogP contribution >= 0.6 is 23.6 Å². The standard InChI is InChI=1S/C12H18N4S2/c1-3-5-7-16-11(14-15-12(16)17)10-9(6-4-2)13-8-18-10/h8H,3-7H2,1-2H3,(H,15,17). The Morgan fingerprint density at radius 3 is 2.94 bits per heavy atom. The van der Waals surface area contributed by atoms with Crippen LogP contribution in [0.3, 0.4) is 0 Å². The van der Waals surface area contributed by atoms with E-state index in [1.165, 1.54) is 0 Å². The van der Waals surface area contributed by atoms with E-state index in [1.54, 1.807) is 11.3 Å². The minimum absolute atomic E-state index is 0.703. The highest BCUT2D eigenvalue weighted by Gasteiger charge is 2.14. The zero-order valence-electron chi connectivity index (χ0n) is 10.8. The Bertz CT molecular complexity index is 552. The van der Waals surface area contributed by atoms with Gasteiger partial charge in [-0.05, 0) is 25.1 Å². The quantitative estimate of drug-likeness (QED) is 0.819. The average molecular weight is 282 g/mol. The molecule has 98 valence electrons. The summed E-state index contributed by atoms with van der Waals surface area (Å²) in [6, 6.07) is 0. The highest BCUT2D eigenvalue weighted by Crippen LogP contribution is 2.27. The molecule has 0 saturated heterocycles. The maximum Gasteiger partial charge on any atom is 0.195 e. The third-order valence-electron chi connectivity index (χ3n) is 2.82. The van der Waals surface area contributed by atoms with Crippen molar-refractivity contribution in [3.63, 3.8) is 0 Å². The van der Waals surface area contributed by atoms with Gasteiger partial charge in [0.2, 0.25) is 0 Å². The van der Waals surface area contributed by atoms with Gasteiger partial charge in [0.15, 0.2) is 10.6 Å². The molecular weight excluding hydrogens is 264 g/mol. The molecular formula is C12H18N4S2. The first-order chi connectivity index (χ1) is 8.77. The summed E-state index contributed by atoms with van der Waals surface area (Å²) in [5.74, 6) is 0.944. The van der Waals surface area contributed by atoms with Crippen LogP contribution in [-0.2, 0) is 13.0 Å². The summed E-state index contributed by atoms with van der Waals surface area (Å²) in [6.07, 6.45) is 4.35. The molecule has 0 aliphatic heterocycles. The Labute approximate surface area is 116 Å². The summed E-state index contributed by atoms with van der Waals surface area (Å²) in [4.78, 5) is 5.58. The van der Waals surface area contributed by atoms with Crippen LogP contribution in [0.15, 0.2) is 5.51 Å². The summed E-state index contributed by atoms with van der Waals surface area (Å²) in [7, 11) is 0. The van der Waals surface area contributed by atoms with Gasteiger partial charge in [0.25, 0.3) is 0 Å². The molecule has 4 nitrogen and oxygen atoms in total. The van der Waals surface area contributed by atoms with E-state index in [0.29, 0.717) is 4.77 Å². The summed E-state index contributed by atoms with van der Waals surface area (Å²) in [5.41, 5.74) is 3.02. The Balaban J connectivity index is 2.37. The van der Waals surface area contributed by atoms with Crippen LogP contribution < -0.4 is 0 Å². The van der Waals surface area contributed by atoms with Crippen LogP contribution in [-0.4, -0.2) is 19.7 Å². The lowest BCUT2D eigenvalue weighted by Gasteiger charge is -2.05. The number of H-pyrrole nitrogens is 1. The molecule has 0 unspecified atom stereocenters. The molecule has 1 N–H and O–H groups in total. The fourth-order valence-corrected chi connectivity index (χ4v) is 2.94. The molecule has 6 heteroatoms. The monoisotopic (exact) mass is 282 g/mol. The molecule has 0 radical (unpaired) electrons. The van der Waals surface area contributed by atoms with E-state index in [9.17, 15) is 0 Å². The first-order valence-electron chi connectivity index (χ1n) is 6.35. The van der Waals surface area contributed by atoms with Crippen molar-refractivity contribution in [2.45, 2.75) is 46.1 Å². The van der Waals surface area contributed by atoms with Crippen molar-refractivity contribution >= 4 is 23.6 Å². The minimum Gasteiger partial charge on any atom is -0.299 e. The molecule has 0 bridgehead atoms. The van der Waals surface area contributed by atoms with E-state index in [-0.39, 0.29) is 0 Å². The molecule has 0 aromatic carbocycles. The first-order valence-corrected chi connectivity index (χ1v) is 7.64. The maximum atomic E-state index is 5.30. The summed E-state index contributed by atoms with van der Waals surface area (Å²) >= 11 is 6.94. The smallest absolute Gasteiger partial charge is 0.195 e. The number of hydrogen-bond donors (Lipinski definition) is 1. The molecule has 0 amide bonds. The molecule has 18 heavy (non-hydrogen) atoms. The Kier molecular flexibility index (Phi) is 4.66. The van der Waals surface area contributed by atoms with Crippen molar-refractivity contribution in [1.82, 2.24) is 19.7 Å². The lowest BCUT2D eigenvalue weighted by molar-refractivity contribution is 0.629. The van der Waals surface area contributed by atoms with Gasteiger partial charge in [-0.15, -0.1) is 11.3 Å². The number of hydrogen-bond acceptors (Lipinski definition) is 4. The van der Waals surface area contributed by atoms with Gasteiger partial charge in [-0.25, -0.2) is 4.98 Å². The van der Waals surface area contributed by atoms with Crippen molar-refractivity contribution in [1.29, 1.82) is 0 Å². The van der Waals surface area contributed by atoms with Crippen molar-refractivity contribution in [3.8, 4) is 10.7 Å². The van der Waals surface area contributed by atoms with Crippen LogP contribution in [0.1, 0.15) is 38.8 Å². The van der Waals surface area contributed by atoms with E-state index >= 15 is 0 Å². The lowest BCUT2D eigenvalue weighted by Crippen LogP contribution is -2.01. The summed E-state index contributed by atoms with van der Waals surface area (Å²) in [5, 5.41) is 7.27. The number of nitrogens with zero attached hydrogens (tertiary/aromatic N) is 3. The minimum atomic E-state index is 0.703. The molecule has 0 aliphatic carbocycles. The topological polar surface area (TPSA) is 46.5 Å². The van der Waals surface area contributed by atoms with Gasteiger partial charge in [0.1, 0.15) is 0 Å². The van der Waals surface area contributed by atoms with Crippen LogP contribution in [0.4, 0.5) is 0 Å². The molecule has 2 rings (SSSR count). The van der Waals surface area contributed by atoms with E-state index in [4.69, 9.17) is 12.2 Å². The van der Waals surface area contributed by atoms with Gasteiger partial charge in [0, 0.05) is 6.54 Å². The second-order valence-corrected chi connectivity index (χ2v) is 5.48. The number of aryl methyl sites for hydroxylation is 1. The molecule has 2 aromatic heterocycles. The number of aromatic amines is 1. The van der Waals surface area contributed by atoms with Gasteiger partial charge in [-0.2, -0.15) is 5.10 Å². The molecule has 0 fully saturated rings. The number of rotatable bonds is 6. The van der Waals surface area contributed by atoms with Crippen molar-refractivity contribution in [3.05, 3.63) is 16.0 Å². The van der Waals surface area contributed by atoms with E-state index in [0.717, 1.165) is 48.6 Å². The van der Waals surface area contributed by atoms with Gasteiger partial charge in [0.05, 0.1) is 16.1 Å². The molecule has 0 atom stereocenters. The summed E-state index contributed by atoms with van der Waals surface area (Å²) < 4.78 is 2.79. The number of aromatic nitrogens is 4. The van der Waals surface area contributed by atoms with Crippen LogP contribution in [0.2, 0.25) is 0 Å². The second-order valence-electron chi connectivity index (χ2n) is 4.24. The van der Waals surface area contributed by atoms with E-state index in [1.807, 2.05) is 5.51 Å². The van der Waals surface area contributed by atoms with E-state index < -0.39 is 0 Å². The highest BCUT2D eigenvalue weighted by molar-refractivity contribution is 7.71. The van der Waals surface area contributed by atoms with E-state index in [2.05, 4.69) is 33.6 Å². The maximum absolute atomic E-state index is 5.30. The van der Waals surface area contributed by atoms with Gasteiger partial charge < -0.3 is 0 Å². The van der Waals surface area contributed by atoms with Crippen LogP contribution in [0.25, 0.3) is 10.7 Å². The third-order valence-corrected chi connectivity index (χ3v) is 4.00. The fourth-order valence-electron chi connectivity index (χ4n) is 1.88. The van der Waals surface area contributed by atoms with Gasteiger partial charge in [-0.1, -0.05) is 26.7 Å². The van der Waals surface area contributed by atoms with Gasteiger partial charge in [-0.3, -0.25) is 9.67 Å². The fraction of sp³-hybridized carbons (Fsp3) is 0.583.